The molecule has 0 aliphatic heterocycles. The number of rotatable bonds is 9. The van der Waals surface area contributed by atoms with Gasteiger partial charge in [-0.1, -0.05) is 0 Å². The van der Waals surface area contributed by atoms with E-state index in [0.29, 0.717) is 29.0 Å². The molecule has 0 unspecified atom stereocenters. The Labute approximate surface area is 178 Å². The third-order valence-corrected chi connectivity index (χ3v) is 5.70. The number of carbonyl (C=O) groups is 1. The number of amides is 1. The lowest BCUT2D eigenvalue weighted by Gasteiger charge is -2.08. The Morgan fingerprint density at radius 2 is 1.86 bits per heavy atom. The zero-order chi connectivity index (χ0) is 20.6. The summed E-state index contributed by atoms with van der Waals surface area (Å²) in [7, 11) is 3.19. The molecule has 8 heteroatoms. The van der Waals surface area contributed by atoms with Crippen LogP contribution in [0.25, 0.3) is 11.3 Å². The van der Waals surface area contributed by atoms with Gasteiger partial charge in [-0.2, -0.15) is 0 Å². The van der Waals surface area contributed by atoms with Crippen molar-refractivity contribution in [3.63, 3.8) is 0 Å². The molecule has 0 spiro atoms. The molecule has 1 heterocycles. The maximum Gasteiger partial charge on any atom is 0.236 e. The topological polar surface area (TPSA) is 69.7 Å². The van der Waals surface area contributed by atoms with Crippen LogP contribution in [0.1, 0.15) is 6.92 Å². The van der Waals surface area contributed by atoms with Crippen molar-refractivity contribution >= 4 is 34.1 Å². The number of ether oxygens (including phenoxy) is 3. The molecule has 0 atom stereocenters. The van der Waals surface area contributed by atoms with E-state index < -0.39 is 0 Å². The molecule has 0 saturated carbocycles. The normalized spacial score (nSPS) is 10.4. The van der Waals surface area contributed by atoms with E-state index in [-0.39, 0.29) is 5.91 Å². The number of aromatic nitrogens is 1. The molecule has 3 rings (SSSR count). The summed E-state index contributed by atoms with van der Waals surface area (Å²) in [6.45, 7) is 2.58. The van der Waals surface area contributed by atoms with Crippen LogP contribution in [0.4, 0.5) is 5.13 Å². The zero-order valence-electron chi connectivity index (χ0n) is 16.4. The van der Waals surface area contributed by atoms with E-state index in [1.54, 1.807) is 14.2 Å². The molecule has 1 aromatic heterocycles. The van der Waals surface area contributed by atoms with Crippen molar-refractivity contribution < 1.29 is 19.0 Å². The minimum absolute atomic E-state index is 0.0999. The van der Waals surface area contributed by atoms with E-state index in [9.17, 15) is 4.79 Å². The summed E-state index contributed by atoms with van der Waals surface area (Å²) in [5, 5.41) is 5.31. The van der Waals surface area contributed by atoms with E-state index in [1.807, 2.05) is 54.8 Å². The Morgan fingerprint density at radius 1 is 1.10 bits per heavy atom. The highest BCUT2D eigenvalue weighted by Gasteiger charge is 2.11. The van der Waals surface area contributed by atoms with Gasteiger partial charge in [0.2, 0.25) is 5.91 Å². The molecule has 3 aromatic rings. The minimum Gasteiger partial charge on any atom is -0.494 e. The first-order valence-corrected chi connectivity index (χ1v) is 10.8. The van der Waals surface area contributed by atoms with Gasteiger partial charge in [-0.15, -0.1) is 23.1 Å². The summed E-state index contributed by atoms with van der Waals surface area (Å²) >= 11 is 2.85. The SMILES string of the molecule is CCOc1ccc(SCC(=O)Nc2nc(-c3ccc(OC)c(OC)c3)cs2)cc1. The lowest BCUT2D eigenvalue weighted by molar-refractivity contribution is -0.113. The monoisotopic (exact) mass is 430 g/mol. The maximum absolute atomic E-state index is 12.3. The number of benzene rings is 2. The van der Waals surface area contributed by atoms with Gasteiger partial charge in [0, 0.05) is 15.8 Å². The van der Waals surface area contributed by atoms with Gasteiger partial charge in [0.1, 0.15) is 5.75 Å². The smallest absolute Gasteiger partial charge is 0.236 e. The molecule has 1 N–H and O–H groups in total. The number of thiazole rings is 1. The van der Waals surface area contributed by atoms with Crippen LogP contribution in [0.3, 0.4) is 0 Å². The third kappa shape index (κ3) is 5.65. The highest BCUT2D eigenvalue weighted by Crippen LogP contribution is 2.33. The second-order valence-electron chi connectivity index (χ2n) is 5.85. The van der Waals surface area contributed by atoms with E-state index in [2.05, 4.69) is 10.3 Å². The molecule has 152 valence electrons. The van der Waals surface area contributed by atoms with Gasteiger partial charge >= 0.3 is 0 Å². The highest BCUT2D eigenvalue weighted by atomic mass is 32.2. The van der Waals surface area contributed by atoms with Gasteiger partial charge in [0.25, 0.3) is 0 Å². The fourth-order valence-corrected chi connectivity index (χ4v) is 4.00. The average molecular weight is 431 g/mol. The van der Waals surface area contributed by atoms with Crippen LogP contribution < -0.4 is 19.5 Å². The Hall–Kier alpha value is -2.71. The molecule has 0 fully saturated rings. The molecule has 2 aromatic carbocycles. The third-order valence-electron chi connectivity index (χ3n) is 3.93. The van der Waals surface area contributed by atoms with Crippen LogP contribution in [0, 0.1) is 0 Å². The highest BCUT2D eigenvalue weighted by molar-refractivity contribution is 8.00. The van der Waals surface area contributed by atoms with Crippen molar-refractivity contribution in [2.45, 2.75) is 11.8 Å². The van der Waals surface area contributed by atoms with E-state index in [4.69, 9.17) is 14.2 Å². The average Bonchev–Trinajstić information content (AvgIpc) is 3.21. The lowest BCUT2D eigenvalue weighted by Crippen LogP contribution is -2.13. The number of hydrogen-bond donors (Lipinski definition) is 1. The van der Waals surface area contributed by atoms with E-state index >= 15 is 0 Å². The summed E-state index contributed by atoms with van der Waals surface area (Å²) in [5.74, 6) is 2.32. The molecule has 0 aliphatic carbocycles. The number of nitrogens with zero attached hydrogens (tertiary/aromatic N) is 1. The number of thioether (sulfide) groups is 1. The number of nitrogens with one attached hydrogen (secondary N) is 1. The van der Waals surface area contributed by atoms with Crippen molar-refractivity contribution in [3.8, 4) is 28.5 Å². The Balaban J connectivity index is 1.57. The largest absolute Gasteiger partial charge is 0.494 e. The fourth-order valence-electron chi connectivity index (χ4n) is 2.56. The van der Waals surface area contributed by atoms with Gasteiger partial charge in [-0.25, -0.2) is 4.98 Å². The summed E-state index contributed by atoms with van der Waals surface area (Å²) in [6, 6.07) is 13.3. The van der Waals surface area contributed by atoms with Crippen LogP contribution in [-0.4, -0.2) is 37.5 Å². The van der Waals surface area contributed by atoms with Crippen molar-refractivity contribution in [2.75, 3.05) is 31.9 Å². The van der Waals surface area contributed by atoms with Gasteiger partial charge in [0.15, 0.2) is 16.6 Å². The fraction of sp³-hybridized carbons (Fsp3) is 0.238. The van der Waals surface area contributed by atoms with Gasteiger partial charge in [-0.3, -0.25) is 4.79 Å². The Kier molecular flexibility index (Phi) is 7.37. The van der Waals surface area contributed by atoms with E-state index in [1.165, 1.54) is 23.1 Å². The second kappa shape index (κ2) is 10.2. The molecular weight excluding hydrogens is 408 g/mol. The summed E-state index contributed by atoms with van der Waals surface area (Å²) in [6.07, 6.45) is 0. The van der Waals surface area contributed by atoms with Crippen LogP contribution in [0.2, 0.25) is 0 Å². The minimum atomic E-state index is -0.0999. The molecule has 0 radical (unpaired) electrons. The Bertz CT molecular complexity index is 958. The Morgan fingerprint density at radius 3 is 2.55 bits per heavy atom. The first-order valence-electron chi connectivity index (χ1n) is 8.96. The predicted molar refractivity (Wildman–Crippen MR) is 118 cm³/mol. The molecule has 6 nitrogen and oxygen atoms in total. The summed E-state index contributed by atoms with van der Waals surface area (Å²) in [5.41, 5.74) is 1.66. The summed E-state index contributed by atoms with van der Waals surface area (Å²) in [4.78, 5) is 17.8. The van der Waals surface area contributed by atoms with E-state index in [0.717, 1.165) is 21.9 Å². The first-order chi connectivity index (χ1) is 14.1. The quantitative estimate of drug-likeness (QED) is 0.484. The van der Waals surface area contributed by atoms with Gasteiger partial charge in [-0.05, 0) is 49.4 Å². The zero-order valence-corrected chi connectivity index (χ0v) is 18.1. The van der Waals surface area contributed by atoms with Crippen LogP contribution >= 0.6 is 23.1 Å². The first kappa shape index (κ1) is 21.0. The van der Waals surface area contributed by atoms with Gasteiger partial charge in [0.05, 0.1) is 32.3 Å². The molecular formula is C21H22N2O4S2. The van der Waals surface area contributed by atoms with Gasteiger partial charge < -0.3 is 19.5 Å². The number of hydrogen-bond acceptors (Lipinski definition) is 7. The number of anilines is 1. The molecule has 1 amide bonds. The maximum atomic E-state index is 12.3. The van der Waals surface area contributed by atoms with Crippen molar-refractivity contribution in [1.82, 2.24) is 4.98 Å². The number of methoxy groups -OCH3 is 2. The molecule has 0 aliphatic rings. The molecule has 0 saturated heterocycles. The van der Waals surface area contributed by atoms with Crippen LogP contribution in [0.15, 0.2) is 52.7 Å². The lowest BCUT2D eigenvalue weighted by atomic mass is 10.1. The second-order valence-corrected chi connectivity index (χ2v) is 7.76. The molecule has 0 bridgehead atoms. The van der Waals surface area contributed by atoms with Crippen molar-refractivity contribution in [1.29, 1.82) is 0 Å². The summed E-state index contributed by atoms with van der Waals surface area (Å²) < 4.78 is 16.0. The van der Waals surface area contributed by atoms with Crippen LogP contribution in [-0.2, 0) is 4.79 Å². The molecule has 29 heavy (non-hydrogen) atoms. The van der Waals surface area contributed by atoms with Crippen LogP contribution in [0.5, 0.6) is 17.2 Å². The number of carbonyl (C=O) groups excluding carboxylic acids is 1. The van der Waals surface area contributed by atoms with Crippen molar-refractivity contribution in [2.24, 2.45) is 0 Å². The predicted octanol–water partition coefficient (Wildman–Crippen LogP) is 4.96. The standard InChI is InChI=1S/C21H22N2O4S2/c1-4-27-15-6-8-16(9-7-15)28-13-20(24)23-21-22-17(12-29-21)14-5-10-18(25-2)19(11-14)26-3/h5-12H,4,13H2,1-3H3,(H,22,23,24). The van der Waals surface area contributed by atoms with Crippen molar-refractivity contribution in [3.05, 3.63) is 47.8 Å².